The van der Waals surface area contributed by atoms with Gasteiger partial charge in [-0.05, 0) is 92.3 Å². The van der Waals surface area contributed by atoms with E-state index in [1.807, 2.05) is 0 Å². The molecule has 2 nitrogen and oxygen atoms in total. The van der Waals surface area contributed by atoms with Crippen molar-refractivity contribution in [3.8, 4) is 39.1 Å². The van der Waals surface area contributed by atoms with Gasteiger partial charge in [-0.15, -0.1) is 0 Å². The molecule has 58 heavy (non-hydrogen) atoms. The molecule has 0 fully saturated rings. The predicted molar refractivity (Wildman–Crippen MR) is 247 cm³/mol. The quantitative estimate of drug-likeness (QED) is 0.158. The third-order valence-corrected chi connectivity index (χ3v) is 11.6. The highest BCUT2D eigenvalue weighted by atomic mass is 15.1. The SMILES string of the molecule is c1ccc(N(c2ccc(-c3ccccc3-n3c4ccccc4c4ccccc43)cc2)c2cc(-c3cccc4ccccc34)ccc2-c2cccc3ccccc23)cc1. The van der Waals surface area contributed by atoms with Crippen LogP contribution in [0.15, 0.2) is 231 Å². The summed E-state index contributed by atoms with van der Waals surface area (Å²) in [4.78, 5) is 2.42. The number of aromatic nitrogens is 1. The Labute approximate surface area is 338 Å². The van der Waals surface area contributed by atoms with Crippen LogP contribution in [0.1, 0.15) is 0 Å². The Morgan fingerprint density at radius 1 is 0.293 bits per heavy atom. The monoisotopic (exact) mass is 738 g/mol. The van der Waals surface area contributed by atoms with E-state index in [1.165, 1.54) is 71.2 Å². The molecule has 0 atom stereocenters. The Morgan fingerprint density at radius 3 is 1.47 bits per heavy atom. The van der Waals surface area contributed by atoms with Crippen LogP contribution in [0.3, 0.4) is 0 Å². The lowest BCUT2D eigenvalue weighted by atomic mass is 9.92. The molecule has 0 amide bonds. The van der Waals surface area contributed by atoms with Gasteiger partial charge in [-0.2, -0.15) is 0 Å². The van der Waals surface area contributed by atoms with Gasteiger partial charge in [0, 0.05) is 33.3 Å². The van der Waals surface area contributed by atoms with Crippen molar-refractivity contribution in [2.45, 2.75) is 0 Å². The average molecular weight is 739 g/mol. The van der Waals surface area contributed by atoms with Crippen LogP contribution >= 0.6 is 0 Å². The summed E-state index contributed by atoms with van der Waals surface area (Å²) in [6.45, 7) is 0. The van der Waals surface area contributed by atoms with Crippen molar-refractivity contribution < 1.29 is 0 Å². The van der Waals surface area contributed by atoms with E-state index >= 15 is 0 Å². The number of rotatable bonds is 7. The first-order chi connectivity index (χ1) is 28.8. The van der Waals surface area contributed by atoms with Gasteiger partial charge < -0.3 is 9.47 Å². The van der Waals surface area contributed by atoms with Crippen molar-refractivity contribution in [3.05, 3.63) is 231 Å². The molecule has 0 aliphatic heterocycles. The number of anilines is 3. The molecule has 0 bridgehead atoms. The normalized spacial score (nSPS) is 11.4. The van der Waals surface area contributed by atoms with Gasteiger partial charge in [-0.3, -0.25) is 0 Å². The molecular formula is C56H38N2. The standard InChI is InChI=1S/C56H38N2/c1-2-20-43(21-3-1)57(44-35-32-41(33-36-44)48-24-8-11-29-53(48)58-54-30-12-9-25-50(54)51-26-10-13-31-55(51)58)56-38-42(47-27-14-18-39-16-4-6-22-45(39)47)34-37-52(56)49-28-15-19-40-17-5-7-23-46(40)49/h1-38H. The van der Waals surface area contributed by atoms with Crippen molar-refractivity contribution in [2.75, 3.05) is 4.90 Å². The number of para-hydroxylation sites is 4. The fourth-order valence-electron chi connectivity index (χ4n) is 8.94. The highest BCUT2D eigenvalue weighted by Gasteiger charge is 2.21. The summed E-state index contributed by atoms with van der Waals surface area (Å²) >= 11 is 0. The van der Waals surface area contributed by atoms with Gasteiger partial charge >= 0.3 is 0 Å². The molecule has 1 heterocycles. The van der Waals surface area contributed by atoms with Crippen LogP contribution in [0.4, 0.5) is 17.1 Å². The summed E-state index contributed by atoms with van der Waals surface area (Å²) in [6.07, 6.45) is 0. The molecular weight excluding hydrogens is 701 g/mol. The van der Waals surface area contributed by atoms with Gasteiger partial charge in [0.25, 0.3) is 0 Å². The van der Waals surface area contributed by atoms with Crippen LogP contribution in [0, 0.1) is 0 Å². The third-order valence-electron chi connectivity index (χ3n) is 11.6. The minimum atomic E-state index is 1.08. The maximum atomic E-state index is 2.42. The van der Waals surface area contributed by atoms with E-state index < -0.39 is 0 Å². The second-order valence-corrected chi connectivity index (χ2v) is 14.9. The molecule has 0 saturated carbocycles. The summed E-state index contributed by atoms with van der Waals surface area (Å²) in [5, 5.41) is 7.45. The molecule has 0 unspecified atom stereocenters. The molecule has 0 spiro atoms. The first kappa shape index (κ1) is 33.6. The highest BCUT2D eigenvalue weighted by molar-refractivity contribution is 6.10. The maximum absolute atomic E-state index is 2.42. The Kier molecular flexibility index (Phi) is 8.19. The lowest BCUT2D eigenvalue weighted by molar-refractivity contribution is 1.18. The van der Waals surface area contributed by atoms with Gasteiger partial charge in [0.15, 0.2) is 0 Å². The zero-order valence-corrected chi connectivity index (χ0v) is 31.8. The molecule has 0 aliphatic rings. The van der Waals surface area contributed by atoms with E-state index in [9.17, 15) is 0 Å². The van der Waals surface area contributed by atoms with E-state index in [4.69, 9.17) is 0 Å². The summed E-state index contributed by atoms with van der Waals surface area (Å²) in [5.41, 5.74) is 14.0. The average Bonchev–Trinajstić information content (AvgIpc) is 3.64. The molecule has 2 heteroatoms. The van der Waals surface area contributed by atoms with Crippen LogP contribution < -0.4 is 4.90 Å². The zero-order chi connectivity index (χ0) is 38.4. The summed E-state index contributed by atoms with van der Waals surface area (Å²) in [6, 6.07) is 83.7. The molecule has 272 valence electrons. The van der Waals surface area contributed by atoms with Crippen LogP contribution in [-0.2, 0) is 0 Å². The van der Waals surface area contributed by atoms with Gasteiger partial charge in [-0.1, -0.05) is 182 Å². The van der Waals surface area contributed by atoms with E-state index in [-0.39, 0.29) is 0 Å². The largest absolute Gasteiger partial charge is 0.310 e. The van der Waals surface area contributed by atoms with Crippen molar-refractivity contribution in [3.63, 3.8) is 0 Å². The van der Waals surface area contributed by atoms with E-state index in [0.717, 1.165) is 28.3 Å². The van der Waals surface area contributed by atoms with Crippen molar-refractivity contribution in [1.82, 2.24) is 4.57 Å². The number of fused-ring (bicyclic) bond motifs is 5. The van der Waals surface area contributed by atoms with Crippen molar-refractivity contribution in [1.29, 1.82) is 0 Å². The molecule has 10 aromatic carbocycles. The molecule has 0 N–H and O–H groups in total. The first-order valence-electron chi connectivity index (χ1n) is 19.9. The Balaban J connectivity index is 1.11. The smallest absolute Gasteiger partial charge is 0.0546 e. The van der Waals surface area contributed by atoms with Gasteiger partial charge in [0.2, 0.25) is 0 Å². The fraction of sp³-hybridized carbons (Fsp3) is 0. The Hall–Kier alpha value is -7.68. The number of benzene rings is 10. The molecule has 11 aromatic rings. The number of hydrogen-bond acceptors (Lipinski definition) is 1. The van der Waals surface area contributed by atoms with Gasteiger partial charge in [-0.25, -0.2) is 0 Å². The van der Waals surface area contributed by atoms with Crippen LogP contribution in [-0.4, -0.2) is 4.57 Å². The minimum absolute atomic E-state index is 1.08. The molecule has 0 aliphatic carbocycles. The van der Waals surface area contributed by atoms with Crippen LogP contribution in [0.25, 0.3) is 82.4 Å². The van der Waals surface area contributed by atoms with Crippen LogP contribution in [0.2, 0.25) is 0 Å². The summed E-state index contributed by atoms with van der Waals surface area (Å²) < 4.78 is 2.42. The number of nitrogens with zero attached hydrogens (tertiary/aromatic N) is 2. The van der Waals surface area contributed by atoms with Gasteiger partial charge in [0.05, 0.1) is 22.4 Å². The molecule has 1 aromatic heterocycles. The Morgan fingerprint density at radius 2 is 0.776 bits per heavy atom. The number of hydrogen-bond donors (Lipinski definition) is 0. The van der Waals surface area contributed by atoms with E-state index in [2.05, 4.69) is 240 Å². The minimum Gasteiger partial charge on any atom is -0.310 e. The lowest BCUT2D eigenvalue weighted by Gasteiger charge is -2.29. The van der Waals surface area contributed by atoms with Crippen molar-refractivity contribution in [2.24, 2.45) is 0 Å². The molecule has 0 radical (unpaired) electrons. The molecule has 11 rings (SSSR count). The molecule has 0 saturated heterocycles. The third kappa shape index (κ3) is 5.66. The summed E-state index contributed by atoms with van der Waals surface area (Å²) in [5.74, 6) is 0. The topological polar surface area (TPSA) is 8.17 Å². The summed E-state index contributed by atoms with van der Waals surface area (Å²) in [7, 11) is 0. The predicted octanol–water partition coefficient (Wildman–Crippen LogP) is 15.6. The zero-order valence-electron chi connectivity index (χ0n) is 31.8. The van der Waals surface area contributed by atoms with Crippen molar-refractivity contribution >= 4 is 60.4 Å². The van der Waals surface area contributed by atoms with Gasteiger partial charge in [0.1, 0.15) is 0 Å². The fourth-order valence-corrected chi connectivity index (χ4v) is 8.94. The van der Waals surface area contributed by atoms with E-state index in [1.54, 1.807) is 0 Å². The maximum Gasteiger partial charge on any atom is 0.0546 e. The second kappa shape index (κ2) is 14.1. The Bertz CT molecular complexity index is 3220. The second-order valence-electron chi connectivity index (χ2n) is 14.9. The van der Waals surface area contributed by atoms with Crippen LogP contribution in [0.5, 0.6) is 0 Å². The van der Waals surface area contributed by atoms with E-state index in [0.29, 0.717) is 0 Å². The first-order valence-corrected chi connectivity index (χ1v) is 19.9. The lowest BCUT2D eigenvalue weighted by Crippen LogP contribution is -2.11. The highest BCUT2D eigenvalue weighted by Crippen LogP contribution is 2.46.